The Morgan fingerprint density at radius 1 is 1.08 bits per heavy atom. The summed E-state index contributed by atoms with van der Waals surface area (Å²) in [4.78, 5) is 39.1. The van der Waals surface area contributed by atoms with Gasteiger partial charge in [0.05, 0.1) is 0 Å². The monoisotopic (exact) mass is 549 g/mol. The van der Waals surface area contributed by atoms with Crippen molar-refractivity contribution in [2.24, 2.45) is 17.8 Å². The predicted octanol–water partition coefficient (Wildman–Crippen LogP) is 5.73. The smallest absolute Gasteiger partial charge is 0.326 e. The zero-order chi connectivity index (χ0) is 27.7. The van der Waals surface area contributed by atoms with Crippen LogP contribution in [0.1, 0.15) is 77.7 Å². The summed E-state index contributed by atoms with van der Waals surface area (Å²) in [6, 6.07) is 8.88. The topological polar surface area (TPSA) is 110 Å². The minimum Gasteiger partial charge on any atom is -0.480 e. The van der Waals surface area contributed by atoms with Gasteiger partial charge < -0.3 is 14.7 Å². The lowest BCUT2D eigenvalue weighted by Gasteiger charge is -2.30. The number of likely N-dealkylation sites (tertiary alicyclic amines) is 1. The van der Waals surface area contributed by atoms with E-state index in [1.54, 1.807) is 20.8 Å². The second-order valence-electron chi connectivity index (χ2n) is 11.1. The number of nitrogens with zero attached hydrogens (tertiary/aromatic N) is 1. The fourth-order valence-corrected chi connectivity index (χ4v) is 7.88. The van der Waals surface area contributed by atoms with Gasteiger partial charge in [-0.05, 0) is 36.7 Å². The van der Waals surface area contributed by atoms with Gasteiger partial charge in [0.2, 0.25) is 19.6 Å². The first-order valence-corrected chi connectivity index (χ1v) is 16.1. The molecule has 0 aromatic heterocycles. The van der Waals surface area contributed by atoms with E-state index < -0.39 is 43.7 Å². The van der Waals surface area contributed by atoms with Crippen LogP contribution in [-0.4, -0.2) is 59.1 Å². The molecule has 1 N–H and O–H groups in total. The summed E-state index contributed by atoms with van der Waals surface area (Å²) in [6.45, 7) is 5.66. The highest BCUT2D eigenvalue weighted by molar-refractivity contribution is 7.59. The normalized spacial score (nSPS) is 22.7. The van der Waals surface area contributed by atoms with Gasteiger partial charge in [0.25, 0.3) is 0 Å². The van der Waals surface area contributed by atoms with Crippen LogP contribution in [0.2, 0.25) is 0 Å². The molecule has 1 saturated heterocycles. The molecule has 1 amide bonds. The maximum atomic E-state index is 14.2. The molecule has 1 heterocycles. The van der Waals surface area contributed by atoms with Crippen LogP contribution in [0.25, 0.3) is 0 Å². The minimum atomic E-state index is -3.61. The molecule has 2 fully saturated rings. The van der Waals surface area contributed by atoms with Crippen LogP contribution in [-0.2, 0) is 34.6 Å². The van der Waals surface area contributed by atoms with Crippen molar-refractivity contribution < 1.29 is 33.3 Å². The molecule has 0 bridgehead atoms. The van der Waals surface area contributed by atoms with Gasteiger partial charge in [0.1, 0.15) is 12.2 Å². The predicted molar refractivity (Wildman–Crippen MR) is 146 cm³/mol. The molecule has 0 radical (unpaired) electrons. The number of hydrogen-bond donors (Lipinski definition) is 1. The number of amides is 1. The Bertz CT molecular complexity index is 976. The van der Waals surface area contributed by atoms with Crippen molar-refractivity contribution in [1.82, 2.24) is 4.90 Å². The van der Waals surface area contributed by atoms with E-state index in [0.717, 1.165) is 31.2 Å². The van der Waals surface area contributed by atoms with Gasteiger partial charge in [-0.1, -0.05) is 83.2 Å². The molecule has 1 aromatic carbocycles. The third-order valence-corrected chi connectivity index (χ3v) is 10.2. The Morgan fingerprint density at radius 3 is 2.37 bits per heavy atom. The van der Waals surface area contributed by atoms with Crippen molar-refractivity contribution in [3.8, 4) is 0 Å². The largest absolute Gasteiger partial charge is 0.480 e. The van der Waals surface area contributed by atoms with Gasteiger partial charge in [0.15, 0.2) is 0 Å². The summed E-state index contributed by atoms with van der Waals surface area (Å²) in [5.74, 6) is -1.63. The molecule has 2 unspecified atom stereocenters. The Kier molecular flexibility index (Phi) is 11.4. The molecule has 1 aliphatic heterocycles. The highest BCUT2D eigenvalue weighted by Gasteiger charge is 2.44. The summed E-state index contributed by atoms with van der Waals surface area (Å²) in [5.41, 5.74) is 1.09. The third-order valence-electron chi connectivity index (χ3n) is 7.82. The Morgan fingerprint density at radius 2 is 1.76 bits per heavy atom. The van der Waals surface area contributed by atoms with Crippen LogP contribution in [0.15, 0.2) is 30.3 Å². The van der Waals surface area contributed by atoms with Crippen molar-refractivity contribution in [1.29, 1.82) is 0 Å². The van der Waals surface area contributed by atoms with E-state index in [1.807, 2.05) is 30.3 Å². The van der Waals surface area contributed by atoms with Gasteiger partial charge in [-0.15, -0.1) is 0 Å². The molecule has 2 aliphatic rings. The average Bonchev–Trinajstić information content (AvgIpc) is 3.36. The van der Waals surface area contributed by atoms with E-state index in [2.05, 4.69) is 0 Å². The zero-order valence-corrected chi connectivity index (χ0v) is 23.9. The molecule has 212 valence electrons. The van der Waals surface area contributed by atoms with Gasteiger partial charge in [-0.25, -0.2) is 4.79 Å². The zero-order valence-electron chi connectivity index (χ0n) is 23.0. The lowest BCUT2D eigenvalue weighted by atomic mass is 9.79. The van der Waals surface area contributed by atoms with Crippen LogP contribution >= 0.6 is 7.37 Å². The lowest BCUT2D eigenvalue weighted by molar-refractivity contribution is -0.169. The number of carboxylic acid groups (broad SMARTS) is 1. The fraction of sp³-hybridized carbons (Fsp3) is 0.690. The van der Waals surface area contributed by atoms with Crippen LogP contribution in [0.4, 0.5) is 0 Å². The molecule has 3 rings (SSSR count). The number of aliphatic carboxylic acids is 1. The SMILES string of the molecule is CCC(=O)OC(OP(=O)(CCCc1ccccc1)CC(=O)N1C[C@H](C2CCCCC2)C[C@H]1C(=O)O)C(C)C. The molecule has 1 saturated carbocycles. The summed E-state index contributed by atoms with van der Waals surface area (Å²) >= 11 is 0. The number of hydrogen-bond acceptors (Lipinski definition) is 6. The van der Waals surface area contributed by atoms with Gasteiger partial charge in [0, 0.05) is 25.0 Å². The molecule has 8 nitrogen and oxygen atoms in total. The minimum absolute atomic E-state index is 0.137. The van der Waals surface area contributed by atoms with Crippen LogP contribution in [0, 0.1) is 17.8 Å². The van der Waals surface area contributed by atoms with Crippen LogP contribution in [0.3, 0.4) is 0 Å². The summed E-state index contributed by atoms with van der Waals surface area (Å²) in [7, 11) is -3.61. The third kappa shape index (κ3) is 8.67. The molecule has 38 heavy (non-hydrogen) atoms. The van der Waals surface area contributed by atoms with Crippen LogP contribution < -0.4 is 0 Å². The Labute approximate surface area is 226 Å². The number of ether oxygens (including phenoxy) is 1. The molecular weight excluding hydrogens is 505 g/mol. The summed E-state index contributed by atoms with van der Waals surface area (Å²) < 4.78 is 25.6. The number of aryl methyl sites for hydroxylation is 1. The second kappa shape index (κ2) is 14.3. The van der Waals surface area contributed by atoms with Crippen molar-refractivity contribution in [2.75, 3.05) is 18.9 Å². The van der Waals surface area contributed by atoms with E-state index in [4.69, 9.17) is 9.26 Å². The van der Waals surface area contributed by atoms with Crippen molar-refractivity contribution in [3.63, 3.8) is 0 Å². The molecular formula is C29H44NO7P. The highest BCUT2D eigenvalue weighted by Crippen LogP contribution is 2.51. The molecule has 1 aromatic rings. The molecule has 9 heteroatoms. The van der Waals surface area contributed by atoms with E-state index in [0.29, 0.717) is 31.7 Å². The maximum Gasteiger partial charge on any atom is 0.326 e. The van der Waals surface area contributed by atoms with E-state index in [-0.39, 0.29) is 24.4 Å². The number of benzene rings is 1. The van der Waals surface area contributed by atoms with Crippen LogP contribution in [0.5, 0.6) is 0 Å². The Balaban J connectivity index is 1.76. The molecule has 0 spiro atoms. The van der Waals surface area contributed by atoms with E-state index >= 15 is 0 Å². The number of esters is 1. The first-order valence-electron chi connectivity index (χ1n) is 14.1. The molecule has 4 atom stereocenters. The summed E-state index contributed by atoms with van der Waals surface area (Å²) in [5, 5.41) is 9.91. The van der Waals surface area contributed by atoms with Gasteiger partial charge >= 0.3 is 11.9 Å². The Hall–Kier alpha value is -2.18. The van der Waals surface area contributed by atoms with Crippen molar-refractivity contribution in [2.45, 2.75) is 90.9 Å². The first kappa shape index (κ1) is 30.4. The van der Waals surface area contributed by atoms with Crippen molar-refractivity contribution >= 4 is 25.2 Å². The number of carbonyl (C=O) groups is 3. The van der Waals surface area contributed by atoms with E-state index in [9.17, 15) is 24.1 Å². The highest BCUT2D eigenvalue weighted by atomic mass is 31.2. The average molecular weight is 550 g/mol. The second-order valence-corrected chi connectivity index (χ2v) is 13.7. The number of rotatable bonds is 13. The van der Waals surface area contributed by atoms with Gasteiger partial charge in [-0.2, -0.15) is 0 Å². The summed E-state index contributed by atoms with van der Waals surface area (Å²) in [6.07, 6.45) is 6.11. The van der Waals surface area contributed by atoms with E-state index in [1.165, 1.54) is 11.3 Å². The lowest BCUT2D eigenvalue weighted by Crippen LogP contribution is -2.42. The number of carbonyl (C=O) groups excluding carboxylic acids is 2. The molecule has 1 aliphatic carbocycles. The standard InChI is InChI=1S/C29H44NO7P/c1-4-27(32)36-29(21(2)3)37-38(35,17-11-14-22-12-7-5-8-13-22)20-26(31)30-19-24(18-25(30)28(33)34)23-15-9-6-10-16-23/h5,7-8,12-13,21,23-25,29H,4,6,9-11,14-20H2,1-3H3,(H,33,34)/t24-,25+,29?,38?/m1/s1. The van der Waals surface area contributed by atoms with Gasteiger partial charge in [-0.3, -0.25) is 18.7 Å². The maximum absolute atomic E-state index is 14.2. The van der Waals surface area contributed by atoms with Crippen molar-refractivity contribution in [3.05, 3.63) is 35.9 Å². The number of carboxylic acids is 1. The quantitative estimate of drug-likeness (QED) is 0.190. The fourth-order valence-electron chi connectivity index (χ4n) is 5.64. The first-order chi connectivity index (χ1) is 18.1.